The summed E-state index contributed by atoms with van der Waals surface area (Å²) >= 11 is 0. The van der Waals surface area contributed by atoms with Crippen LogP contribution in [0, 0.1) is 5.41 Å². The first kappa shape index (κ1) is 13.7. The summed E-state index contributed by atoms with van der Waals surface area (Å²) in [5, 5.41) is 16.6. The highest BCUT2D eigenvalue weighted by molar-refractivity contribution is 5.45. The number of aromatic nitrogens is 4. The van der Waals surface area contributed by atoms with Crippen molar-refractivity contribution in [2.45, 2.75) is 33.6 Å². The van der Waals surface area contributed by atoms with Crippen LogP contribution >= 0.6 is 0 Å². The zero-order valence-electron chi connectivity index (χ0n) is 11.7. The molecule has 0 aliphatic heterocycles. The van der Waals surface area contributed by atoms with Crippen molar-refractivity contribution in [2.75, 3.05) is 18.5 Å². The summed E-state index contributed by atoms with van der Waals surface area (Å²) in [7, 11) is 0. The number of hydrogen-bond donors (Lipinski definition) is 2. The lowest BCUT2D eigenvalue weighted by atomic mass is 9.90. The molecule has 0 aliphatic rings. The van der Waals surface area contributed by atoms with Gasteiger partial charge in [0.05, 0.1) is 0 Å². The van der Waals surface area contributed by atoms with Gasteiger partial charge in [0.15, 0.2) is 0 Å². The van der Waals surface area contributed by atoms with E-state index in [1.54, 1.807) is 4.52 Å². The van der Waals surface area contributed by atoms with E-state index in [1.165, 1.54) is 6.33 Å². The van der Waals surface area contributed by atoms with Crippen LogP contribution in [0.15, 0.2) is 12.4 Å². The maximum atomic E-state index is 9.05. The number of fused-ring (bicyclic) bond motifs is 1. The van der Waals surface area contributed by atoms with Crippen LogP contribution < -0.4 is 5.32 Å². The number of aryl methyl sites for hydroxylation is 1. The minimum Gasteiger partial charge on any atom is -0.396 e. The molecule has 2 rings (SSSR count). The number of hydrogen-bond acceptors (Lipinski definition) is 5. The fraction of sp³-hybridized carbons (Fsp3) is 0.615. The second kappa shape index (κ2) is 5.52. The van der Waals surface area contributed by atoms with E-state index in [-0.39, 0.29) is 12.0 Å². The average Bonchev–Trinajstić information content (AvgIpc) is 2.83. The summed E-state index contributed by atoms with van der Waals surface area (Å²) in [5.74, 6) is 1.51. The molecule has 0 atom stereocenters. The molecule has 0 saturated carbocycles. The summed E-state index contributed by atoms with van der Waals surface area (Å²) in [5.41, 5.74) is 1.01. The Kier molecular flexibility index (Phi) is 3.99. The van der Waals surface area contributed by atoms with Gasteiger partial charge in [-0.3, -0.25) is 0 Å². The SMILES string of the molecule is CCc1cc(NCC(C)(C)CCO)n2ncnc2n1. The van der Waals surface area contributed by atoms with Crippen LogP contribution in [0.1, 0.15) is 32.9 Å². The second-order valence-corrected chi connectivity index (χ2v) is 5.45. The number of nitrogens with zero attached hydrogens (tertiary/aromatic N) is 4. The van der Waals surface area contributed by atoms with Crippen molar-refractivity contribution in [1.82, 2.24) is 19.6 Å². The van der Waals surface area contributed by atoms with Crippen molar-refractivity contribution >= 4 is 11.6 Å². The molecule has 104 valence electrons. The third-order valence-corrected chi connectivity index (χ3v) is 3.20. The topological polar surface area (TPSA) is 75.3 Å². The fourth-order valence-electron chi connectivity index (χ4n) is 1.89. The first-order valence-electron chi connectivity index (χ1n) is 6.60. The van der Waals surface area contributed by atoms with Gasteiger partial charge in [-0.05, 0) is 18.3 Å². The molecular weight excluding hydrogens is 242 g/mol. The first-order valence-corrected chi connectivity index (χ1v) is 6.60. The Balaban J connectivity index is 2.22. The van der Waals surface area contributed by atoms with Gasteiger partial charge in [0.1, 0.15) is 12.1 Å². The molecule has 6 heteroatoms. The van der Waals surface area contributed by atoms with Gasteiger partial charge in [0.2, 0.25) is 0 Å². The third-order valence-electron chi connectivity index (χ3n) is 3.20. The largest absolute Gasteiger partial charge is 0.396 e. The van der Waals surface area contributed by atoms with Crippen molar-refractivity contribution in [1.29, 1.82) is 0 Å². The molecule has 2 heterocycles. The van der Waals surface area contributed by atoms with Crippen LogP contribution in [0.5, 0.6) is 0 Å². The molecule has 2 aromatic heterocycles. The van der Waals surface area contributed by atoms with Gasteiger partial charge in [0.25, 0.3) is 5.78 Å². The smallest absolute Gasteiger partial charge is 0.254 e. The lowest BCUT2D eigenvalue weighted by Gasteiger charge is -2.24. The fourth-order valence-corrected chi connectivity index (χ4v) is 1.89. The maximum absolute atomic E-state index is 9.05. The van der Waals surface area contributed by atoms with Gasteiger partial charge >= 0.3 is 0 Å². The highest BCUT2D eigenvalue weighted by atomic mass is 16.3. The number of nitrogens with one attached hydrogen (secondary N) is 1. The quantitative estimate of drug-likeness (QED) is 0.826. The standard InChI is InChI=1S/C13H21N5O/c1-4-10-7-11(14-8-13(2,3)5-6-19)18-12(17-10)15-9-16-18/h7,9,14,19H,4-6,8H2,1-3H3. The predicted molar refractivity (Wildman–Crippen MR) is 74.1 cm³/mol. The van der Waals surface area contributed by atoms with Gasteiger partial charge < -0.3 is 10.4 Å². The zero-order chi connectivity index (χ0) is 13.9. The third kappa shape index (κ3) is 3.20. The Hall–Kier alpha value is -1.69. The highest BCUT2D eigenvalue weighted by Gasteiger charge is 2.17. The minimum absolute atomic E-state index is 0.0251. The van der Waals surface area contributed by atoms with Crippen molar-refractivity contribution in [3.05, 3.63) is 18.1 Å². The van der Waals surface area contributed by atoms with E-state index in [4.69, 9.17) is 5.11 Å². The summed E-state index contributed by atoms with van der Waals surface area (Å²) in [4.78, 5) is 8.53. The number of aliphatic hydroxyl groups is 1. The van der Waals surface area contributed by atoms with Gasteiger partial charge in [0, 0.05) is 24.9 Å². The van der Waals surface area contributed by atoms with E-state index in [9.17, 15) is 0 Å². The predicted octanol–water partition coefficient (Wildman–Crippen LogP) is 1.51. The van der Waals surface area contributed by atoms with Crippen molar-refractivity contribution in [3.63, 3.8) is 0 Å². The van der Waals surface area contributed by atoms with E-state index < -0.39 is 0 Å². The van der Waals surface area contributed by atoms with Gasteiger partial charge in [-0.2, -0.15) is 14.6 Å². The van der Waals surface area contributed by atoms with Crippen molar-refractivity contribution in [2.24, 2.45) is 5.41 Å². The molecule has 0 aliphatic carbocycles. The van der Waals surface area contributed by atoms with E-state index in [0.29, 0.717) is 5.78 Å². The molecule has 0 saturated heterocycles. The van der Waals surface area contributed by atoms with Crippen molar-refractivity contribution < 1.29 is 5.11 Å². The molecule has 0 radical (unpaired) electrons. The Morgan fingerprint density at radius 2 is 2.21 bits per heavy atom. The van der Waals surface area contributed by atoms with Crippen molar-refractivity contribution in [3.8, 4) is 0 Å². The molecule has 0 amide bonds. The summed E-state index contributed by atoms with van der Waals surface area (Å²) in [6.07, 6.45) is 3.12. The molecular formula is C13H21N5O. The molecule has 0 fully saturated rings. The van der Waals surface area contributed by atoms with Gasteiger partial charge in [-0.15, -0.1) is 0 Å². The molecule has 0 spiro atoms. The molecule has 2 aromatic rings. The van der Waals surface area contributed by atoms with E-state index in [1.807, 2.05) is 6.07 Å². The summed E-state index contributed by atoms with van der Waals surface area (Å²) < 4.78 is 1.70. The summed E-state index contributed by atoms with van der Waals surface area (Å²) in [6, 6.07) is 2.00. The number of rotatable bonds is 6. The van der Waals surface area contributed by atoms with Crippen LogP contribution in [0.3, 0.4) is 0 Å². The zero-order valence-corrected chi connectivity index (χ0v) is 11.7. The van der Waals surface area contributed by atoms with E-state index >= 15 is 0 Å². The molecule has 0 aromatic carbocycles. The first-order chi connectivity index (χ1) is 9.05. The molecule has 0 unspecified atom stereocenters. The Morgan fingerprint density at radius 1 is 1.42 bits per heavy atom. The maximum Gasteiger partial charge on any atom is 0.254 e. The Bertz CT molecular complexity index is 549. The lowest BCUT2D eigenvalue weighted by molar-refractivity contribution is 0.220. The van der Waals surface area contributed by atoms with E-state index in [0.717, 1.165) is 30.9 Å². The monoisotopic (exact) mass is 263 g/mol. The highest BCUT2D eigenvalue weighted by Crippen LogP contribution is 2.21. The van der Waals surface area contributed by atoms with Crippen LogP contribution in [-0.2, 0) is 6.42 Å². The number of aliphatic hydroxyl groups excluding tert-OH is 1. The normalized spacial score (nSPS) is 12.0. The minimum atomic E-state index is 0.0251. The summed E-state index contributed by atoms with van der Waals surface area (Å²) in [6.45, 7) is 7.27. The van der Waals surface area contributed by atoms with Crippen LogP contribution in [-0.4, -0.2) is 37.8 Å². The second-order valence-electron chi connectivity index (χ2n) is 5.45. The van der Waals surface area contributed by atoms with Gasteiger partial charge in [-0.1, -0.05) is 20.8 Å². The molecule has 6 nitrogen and oxygen atoms in total. The van der Waals surface area contributed by atoms with E-state index in [2.05, 4.69) is 41.2 Å². The Labute approximate surface area is 112 Å². The van der Waals surface area contributed by atoms with Crippen LogP contribution in [0.4, 0.5) is 5.82 Å². The average molecular weight is 263 g/mol. The number of anilines is 1. The molecule has 0 bridgehead atoms. The molecule has 19 heavy (non-hydrogen) atoms. The van der Waals surface area contributed by atoms with Crippen LogP contribution in [0.2, 0.25) is 0 Å². The lowest BCUT2D eigenvalue weighted by Crippen LogP contribution is -2.25. The Morgan fingerprint density at radius 3 is 2.89 bits per heavy atom. The van der Waals surface area contributed by atoms with Crippen LogP contribution in [0.25, 0.3) is 5.78 Å². The molecule has 2 N–H and O–H groups in total. The van der Waals surface area contributed by atoms with Gasteiger partial charge in [-0.25, -0.2) is 4.98 Å².